The summed E-state index contributed by atoms with van der Waals surface area (Å²) in [5.74, 6) is -1.51. The van der Waals surface area contributed by atoms with Crippen molar-refractivity contribution in [3.8, 4) is 5.75 Å². The first-order chi connectivity index (χ1) is 17.3. The van der Waals surface area contributed by atoms with Gasteiger partial charge in [0, 0.05) is 18.7 Å². The Labute approximate surface area is 210 Å². The van der Waals surface area contributed by atoms with Gasteiger partial charge in [0.1, 0.15) is 23.9 Å². The van der Waals surface area contributed by atoms with Gasteiger partial charge in [-0.3, -0.25) is 9.59 Å². The van der Waals surface area contributed by atoms with Crippen molar-refractivity contribution >= 4 is 17.4 Å². The molecular formula is C29H29FN2O4. The number of carbonyl (C=O) groups excluding carboxylic acids is 2. The van der Waals surface area contributed by atoms with E-state index >= 15 is 0 Å². The second-order valence-electron chi connectivity index (χ2n) is 9.10. The van der Waals surface area contributed by atoms with E-state index in [-0.39, 0.29) is 17.9 Å². The number of aryl methyl sites for hydroxylation is 1. The number of halogens is 1. The molecule has 1 N–H and O–H groups in total. The van der Waals surface area contributed by atoms with Crippen LogP contribution in [0.1, 0.15) is 28.3 Å². The van der Waals surface area contributed by atoms with Crippen molar-refractivity contribution in [1.82, 2.24) is 9.80 Å². The van der Waals surface area contributed by atoms with Crippen molar-refractivity contribution < 1.29 is 23.8 Å². The van der Waals surface area contributed by atoms with Crippen LogP contribution in [0.5, 0.6) is 5.75 Å². The van der Waals surface area contributed by atoms with E-state index in [0.717, 1.165) is 5.56 Å². The number of benzene rings is 3. The van der Waals surface area contributed by atoms with Gasteiger partial charge in [0.15, 0.2) is 0 Å². The third kappa shape index (κ3) is 5.31. The predicted octanol–water partition coefficient (Wildman–Crippen LogP) is 4.70. The molecule has 1 saturated heterocycles. The second kappa shape index (κ2) is 10.7. The van der Waals surface area contributed by atoms with E-state index in [1.165, 1.54) is 29.2 Å². The summed E-state index contributed by atoms with van der Waals surface area (Å²) in [6, 6.07) is 19.8. The number of hydrogen-bond acceptors (Lipinski definition) is 5. The van der Waals surface area contributed by atoms with E-state index < -0.39 is 23.5 Å². The van der Waals surface area contributed by atoms with Gasteiger partial charge in [-0.1, -0.05) is 42.5 Å². The van der Waals surface area contributed by atoms with E-state index in [2.05, 4.69) is 0 Å². The number of amides is 1. The molecule has 1 amide bonds. The third-order valence-corrected chi connectivity index (χ3v) is 6.22. The molecule has 0 spiro atoms. The van der Waals surface area contributed by atoms with Crippen LogP contribution < -0.4 is 4.74 Å². The summed E-state index contributed by atoms with van der Waals surface area (Å²) in [4.78, 5) is 29.5. The predicted molar refractivity (Wildman–Crippen MR) is 136 cm³/mol. The van der Waals surface area contributed by atoms with E-state index in [1.54, 1.807) is 25.1 Å². The van der Waals surface area contributed by atoms with Gasteiger partial charge in [0.25, 0.3) is 11.7 Å². The Morgan fingerprint density at radius 1 is 1.03 bits per heavy atom. The highest BCUT2D eigenvalue weighted by Gasteiger charge is 2.46. The number of hydrogen-bond donors (Lipinski definition) is 1. The van der Waals surface area contributed by atoms with Crippen molar-refractivity contribution in [3.05, 3.63) is 106 Å². The van der Waals surface area contributed by atoms with Gasteiger partial charge in [-0.2, -0.15) is 0 Å². The largest absolute Gasteiger partial charge is 0.507 e. The fourth-order valence-corrected chi connectivity index (χ4v) is 4.29. The number of nitrogens with zero attached hydrogens (tertiary/aromatic N) is 2. The Hall–Kier alpha value is -3.97. The first kappa shape index (κ1) is 25.1. The van der Waals surface area contributed by atoms with Crippen LogP contribution >= 0.6 is 0 Å². The number of aliphatic hydroxyl groups is 1. The molecule has 36 heavy (non-hydrogen) atoms. The fraction of sp³-hybridized carbons (Fsp3) is 0.241. The highest BCUT2D eigenvalue weighted by atomic mass is 19.1. The minimum absolute atomic E-state index is 0.00795. The summed E-state index contributed by atoms with van der Waals surface area (Å²) in [5, 5.41) is 11.3. The summed E-state index contributed by atoms with van der Waals surface area (Å²) in [5.41, 5.74) is 2.69. The van der Waals surface area contributed by atoms with Gasteiger partial charge in [-0.15, -0.1) is 0 Å². The molecule has 1 heterocycles. The molecule has 0 aliphatic carbocycles. The maximum atomic E-state index is 13.6. The molecule has 1 aliphatic heterocycles. The number of aliphatic hydroxyl groups excluding tert-OH is 1. The lowest BCUT2D eigenvalue weighted by atomic mass is 9.94. The molecule has 3 aromatic carbocycles. The zero-order valence-electron chi connectivity index (χ0n) is 20.6. The average Bonchev–Trinajstić information content (AvgIpc) is 3.12. The molecule has 0 saturated carbocycles. The van der Waals surface area contributed by atoms with Crippen LogP contribution in [0, 0.1) is 12.7 Å². The lowest BCUT2D eigenvalue weighted by Crippen LogP contribution is -2.35. The maximum absolute atomic E-state index is 13.6. The molecule has 0 aromatic heterocycles. The Balaban J connectivity index is 1.70. The number of Topliss-reactive ketones (excluding diaryl/α,β-unsaturated/α-hetero) is 1. The van der Waals surface area contributed by atoms with Gasteiger partial charge in [-0.25, -0.2) is 4.39 Å². The molecule has 0 bridgehead atoms. The number of likely N-dealkylation sites (tertiary alicyclic amines) is 1. The molecule has 1 atom stereocenters. The minimum atomic E-state index is -0.820. The molecule has 7 heteroatoms. The van der Waals surface area contributed by atoms with Crippen LogP contribution in [-0.4, -0.2) is 53.8 Å². The van der Waals surface area contributed by atoms with Gasteiger partial charge >= 0.3 is 0 Å². The number of rotatable bonds is 8. The standard InChI is InChI=1S/C29H29FN2O4/c1-19-17-23(36-18-20-7-5-4-6-8-20)13-14-24(19)27(33)25-26(21-9-11-22(30)12-10-21)32(16-15-31(2)3)29(35)28(25)34/h4-14,17,26,33H,15-16,18H2,1-3H3/b27-25+. The number of likely N-dealkylation sites (N-methyl/N-ethyl adjacent to an activating group) is 1. The van der Waals surface area contributed by atoms with Crippen LogP contribution in [0.15, 0.2) is 78.4 Å². The first-order valence-electron chi connectivity index (χ1n) is 11.7. The van der Waals surface area contributed by atoms with E-state index in [9.17, 15) is 19.1 Å². The Morgan fingerprint density at radius 3 is 2.36 bits per heavy atom. The minimum Gasteiger partial charge on any atom is -0.507 e. The topological polar surface area (TPSA) is 70.1 Å². The van der Waals surface area contributed by atoms with Gasteiger partial charge in [0.2, 0.25) is 0 Å². The van der Waals surface area contributed by atoms with Crippen LogP contribution in [0.3, 0.4) is 0 Å². The number of ketones is 1. The SMILES string of the molecule is Cc1cc(OCc2ccccc2)ccc1/C(O)=C1\C(=O)C(=O)N(CCN(C)C)C1c1ccc(F)cc1. The van der Waals surface area contributed by atoms with Crippen LogP contribution in [0.25, 0.3) is 5.76 Å². The average molecular weight is 489 g/mol. The van der Waals surface area contributed by atoms with E-state index in [4.69, 9.17) is 4.74 Å². The van der Waals surface area contributed by atoms with Gasteiger partial charge in [0.05, 0.1) is 11.6 Å². The molecule has 1 unspecified atom stereocenters. The van der Waals surface area contributed by atoms with Crippen molar-refractivity contribution in [1.29, 1.82) is 0 Å². The molecule has 3 aromatic rings. The second-order valence-corrected chi connectivity index (χ2v) is 9.10. The van der Waals surface area contributed by atoms with Crippen molar-refractivity contribution in [2.75, 3.05) is 27.2 Å². The normalized spacial score (nSPS) is 17.1. The lowest BCUT2D eigenvalue weighted by molar-refractivity contribution is -0.140. The molecule has 0 radical (unpaired) electrons. The zero-order valence-corrected chi connectivity index (χ0v) is 20.6. The van der Waals surface area contributed by atoms with Gasteiger partial charge in [-0.05, 0) is 68.0 Å². The highest BCUT2D eigenvalue weighted by Crippen LogP contribution is 2.40. The maximum Gasteiger partial charge on any atom is 0.295 e. The van der Waals surface area contributed by atoms with Crippen LogP contribution in [0.2, 0.25) is 0 Å². The fourth-order valence-electron chi connectivity index (χ4n) is 4.29. The lowest BCUT2D eigenvalue weighted by Gasteiger charge is -2.26. The molecular weight excluding hydrogens is 459 g/mol. The molecule has 6 nitrogen and oxygen atoms in total. The monoisotopic (exact) mass is 488 g/mol. The van der Waals surface area contributed by atoms with E-state index in [0.29, 0.717) is 35.6 Å². The number of carbonyl (C=O) groups is 2. The Morgan fingerprint density at radius 2 is 1.72 bits per heavy atom. The molecule has 1 aliphatic rings. The molecule has 1 fully saturated rings. The third-order valence-electron chi connectivity index (χ3n) is 6.22. The molecule has 186 valence electrons. The quantitative estimate of drug-likeness (QED) is 0.283. The van der Waals surface area contributed by atoms with Crippen LogP contribution in [-0.2, 0) is 16.2 Å². The Bertz CT molecular complexity index is 1290. The van der Waals surface area contributed by atoms with Crippen molar-refractivity contribution in [3.63, 3.8) is 0 Å². The van der Waals surface area contributed by atoms with Gasteiger partial charge < -0.3 is 19.6 Å². The summed E-state index contributed by atoms with van der Waals surface area (Å²) in [6.07, 6.45) is 0. The Kier molecular flexibility index (Phi) is 7.50. The summed E-state index contributed by atoms with van der Waals surface area (Å²) in [6.45, 7) is 3.01. The smallest absolute Gasteiger partial charge is 0.295 e. The van der Waals surface area contributed by atoms with Crippen LogP contribution in [0.4, 0.5) is 4.39 Å². The highest BCUT2D eigenvalue weighted by molar-refractivity contribution is 6.46. The molecule has 4 rings (SSSR count). The summed E-state index contributed by atoms with van der Waals surface area (Å²) < 4.78 is 19.5. The number of ether oxygens (including phenoxy) is 1. The first-order valence-corrected chi connectivity index (χ1v) is 11.7. The summed E-state index contributed by atoms with van der Waals surface area (Å²) >= 11 is 0. The van der Waals surface area contributed by atoms with E-state index in [1.807, 2.05) is 49.3 Å². The summed E-state index contributed by atoms with van der Waals surface area (Å²) in [7, 11) is 3.74. The zero-order chi connectivity index (χ0) is 25.8. The van der Waals surface area contributed by atoms with Crippen molar-refractivity contribution in [2.45, 2.75) is 19.6 Å². The van der Waals surface area contributed by atoms with Crippen molar-refractivity contribution in [2.24, 2.45) is 0 Å².